The molecule has 0 saturated carbocycles. The van der Waals surface area contributed by atoms with Crippen molar-refractivity contribution >= 4 is 28.1 Å². The molecule has 0 aromatic heterocycles. The Kier molecular flexibility index (Phi) is 4.83. The molecule has 15 heavy (non-hydrogen) atoms. The lowest BCUT2D eigenvalue weighted by Gasteiger charge is -1.96. The molecule has 0 saturated heterocycles. The zero-order valence-electron chi connectivity index (χ0n) is 8.14. The molecule has 0 aliphatic heterocycles. The van der Waals surface area contributed by atoms with Crippen LogP contribution in [0.1, 0.15) is 5.56 Å². The van der Waals surface area contributed by atoms with Crippen LogP contribution < -0.4 is 0 Å². The minimum absolute atomic E-state index is 0.177. The predicted molar refractivity (Wildman–Crippen MR) is 59.7 cm³/mol. The second kappa shape index (κ2) is 6.19. The van der Waals surface area contributed by atoms with Gasteiger partial charge in [-0.3, -0.25) is 0 Å². The Hall–Kier alpha value is -1.36. The highest BCUT2D eigenvalue weighted by Gasteiger charge is 1.97. The zero-order chi connectivity index (χ0) is 11.1. The Morgan fingerprint density at radius 2 is 2.13 bits per heavy atom. The lowest BCUT2D eigenvalue weighted by atomic mass is 10.2. The number of hydrogen-bond acceptors (Lipinski definition) is 4. The minimum atomic E-state index is -0.456. The van der Waals surface area contributed by atoms with Crippen LogP contribution >= 0.6 is 15.9 Å². The smallest absolute Gasteiger partial charge is 0.346 e. The van der Waals surface area contributed by atoms with Crippen molar-refractivity contribution in [2.24, 2.45) is 5.16 Å². The number of ether oxygens (including phenoxy) is 1. The number of methoxy groups -OCH3 is 1. The Balaban J connectivity index is 2.38. The van der Waals surface area contributed by atoms with Crippen molar-refractivity contribution in [3.8, 4) is 0 Å². The molecule has 0 N–H and O–H groups in total. The molecule has 0 radical (unpaired) electrons. The first-order valence-corrected chi connectivity index (χ1v) is 4.99. The molecule has 0 bridgehead atoms. The van der Waals surface area contributed by atoms with Gasteiger partial charge in [0, 0.05) is 4.47 Å². The number of hydrogen-bond donors (Lipinski definition) is 0. The maximum absolute atomic E-state index is 10.6. The second-order valence-corrected chi connectivity index (χ2v) is 3.55. The van der Waals surface area contributed by atoms with Gasteiger partial charge >= 0.3 is 5.97 Å². The van der Waals surface area contributed by atoms with Crippen molar-refractivity contribution in [1.82, 2.24) is 0 Å². The van der Waals surface area contributed by atoms with Gasteiger partial charge in [0.15, 0.2) is 0 Å². The molecule has 0 spiro atoms. The lowest BCUT2D eigenvalue weighted by Crippen LogP contribution is -2.07. The maximum atomic E-state index is 10.6. The molecular weight excluding hydrogens is 262 g/mol. The zero-order valence-corrected chi connectivity index (χ0v) is 9.73. The monoisotopic (exact) mass is 271 g/mol. The first-order valence-electron chi connectivity index (χ1n) is 4.20. The van der Waals surface area contributed by atoms with Crippen molar-refractivity contribution < 1.29 is 14.4 Å². The number of carbonyl (C=O) groups is 1. The molecule has 0 heterocycles. The number of nitrogens with zero attached hydrogens (tertiary/aromatic N) is 1. The Labute approximate surface area is 96.0 Å². The van der Waals surface area contributed by atoms with Crippen LogP contribution in [0, 0.1) is 0 Å². The van der Waals surface area contributed by atoms with Crippen LogP contribution in [-0.2, 0) is 14.4 Å². The van der Waals surface area contributed by atoms with Crippen molar-refractivity contribution in [1.29, 1.82) is 0 Å². The summed E-state index contributed by atoms with van der Waals surface area (Å²) >= 11 is 3.32. The van der Waals surface area contributed by atoms with Crippen molar-refractivity contribution in [2.45, 2.75) is 0 Å². The van der Waals surface area contributed by atoms with Gasteiger partial charge in [-0.1, -0.05) is 33.2 Å². The predicted octanol–water partition coefficient (Wildman–Crippen LogP) is 1.97. The van der Waals surface area contributed by atoms with Crippen LogP contribution in [0.4, 0.5) is 0 Å². The van der Waals surface area contributed by atoms with Crippen LogP contribution in [0.2, 0.25) is 0 Å². The van der Waals surface area contributed by atoms with Gasteiger partial charge in [0.25, 0.3) is 0 Å². The van der Waals surface area contributed by atoms with E-state index in [-0.39, 0.29) is 6.61 Å². The largest absolute Gasteiger partial charge is 0.466 e. The SMILES string of the molecule is COC(=O)CO/N=C/c1ccc(Br)cc1. The van der Waals surface area contributed by atoms with E-state index in [2.05, 4.69) is 25.8 Å². The Bertz CT molecular complexity index is 348. The van der Waals surface area contributed by atoms with Gasteiger partial charge in [0.1, 0.15) is 0 Å². The molecule has 0 atom stereocenters. The highest BCUT2D eigenvalue weighted by Crippen LogP contribution is 2.08. The molecule has 1 rings (SSSR count). The molecule has 4 nitrogen and oxygen atoms in total. The third kappa shape index (κ3) is 4.60. The van der Waals surface area contributed by atoms with E-state index in [9.17, 15) is 4.79 Å². The Morgan fingerprint density at radius 1 is 1.47 bits per heavy atom. The topological polar surface area (TPSA) is 47.9 Å². The van der Waals surface area contributed by atoms with Gasteiger partial charge in [-0.15, -0.1) is 0 Å². The van der Waals surface area contributed by atoms with E-state index >= 15 is 0 Å². The molecule has 0 aliphatic rings. The standard InChI is InChI=1S/C10H10BrNO3/c1-14-10(13)7-15-12-6-8-2-4-9(11)5-3-8/h2-6H,7H2,1H3/b12-6+. The normalized spacial score (nSPS) is 10.3. The molecule has 1 aromatic carbocycles. The van der Waals surface area contributed by atoms with E-state index in [0.29, 0.717) is 0 Å². The van der Waals surface area contributed by atoms with Crippen molar-refractivity contribution in [2.75, 3.05) is 13.7 Å². The van der Waals surface area contributed by atoms with Crippen LogP contribution in [0.15, 0.2) is 33.9 Å². The molecule has 0 aliphatic carbocycles. The molecule has 1 aromatic rings. The van der Waals surface area contributed by atoms with Crippen LogP contribution in [0.25, 0.3) is 0 Å². The second-order valence-electron chi connectivity index (χ2n) is 2.64. The average Bonchev–Trinajstić information content (AvgIpc) is 2.26. The molecule has 0 unspecified atom stereocenters. The lowest BCUT2D eigenvalue weighted by molar-refractivity contribution is -0.145. The Morgan fingerprint density at radius 3 is 2.73 bits per heavy atom. The number of rotatable bonds is 4. The quantitative estimate of drug-likeness (QED) is 0.478. The summed E-state index contributed by atoms with van der Waals surface area (Å²) in [6, 6.07) is 7.52. The third-order valence-corrected chi connectivity index (χ3v) is 2.09. The summed E-state index contributed by atoms with van der Waals surface area (Å²) in [5, 5.41) is 3.62. The van der Waals surface area contributed by atoms with Gasteiger partial charge in [0.2, 0.25) is 6.61 Å². The first kappa shape index (κ1) is 11.7. The fourth-order valence-electron chi connectivity index (χ4n) is 0.796. The summed E-state index contributed by atoms with van der Waals surface area (Å²) < 4.78 is 5.37. The van der Waals surface area contributed by atoms with E-state index in [4.69, 9.17) is 4.84 Å². The molecule has 0 amide bonds. The van der Waals surface area contributed by atoms with Crippen LogP contribution in [0.3, 0.4) is 0 Å². The van der Waals surface area contributed by atoms with Gasteiger partial charge in [-0.25, -0.2) is 4.79 Å². The van der Waals surface area contributed by atoms with E-state index in [1.54, 1.807) is 0 Å². The van der Waals surface area contributed by atoms with Gasteiger partial charge in [0.05, 0.1) is 13.3 Å². The fourth-order valence-corrected chi connectivity index (χ4v) is 1.06. The summed E-state index contributed by atoms with van der Waals surface area (Å²) in [6.45, 7) is -0.177. The molecule has 5 heteroatoms. The minimum Gasteiger partial charge on any atom is -0.466 e. The summed E-state index contributed by atoms with van der Waals surface area (Å²) in [5.41, 5.74) is 0.892. The molecule has 0 fully saturated rings. The summed E-state index contributed by atoms with van der Waals surface area (Å²) in [7, 11) is 1.30. The molecular formula is C10H10BrNO3. The average molecular weight is 272 g/mol. The van der Waals surface area contributed by atoms with Gasteiger partial charge in [-0.05, 0) is 17.7 Å². The van der Waals surface area contributed by atoms with Gasteiger partial charge < -0.3 is 9.57 Å². The van der Waals surface area contributed by atoms with E-state index in [1.807, 2.05) is 24.3 Å². The third-order valence-electron chi connectivity index (χ3n) is 1.56. The van der Waals surface area contributed by atoms with E-state index in [0.717, 1.165) is 10.0 Å². The van der Waals surface area contributed by atoms with Crippen molar-refractivity contribution in [3.63, 3.8) is 0 Å². The van der Waals surface area contributed by atoms with E-state index in [1.165, 1.54) is 13.3 Å². The summed E-state index contributed by atoms with van der Waals surface area (Å²) in [4.78, 5) is 15.3. The number of benzene rings is 1. The number of oxime groups is 1. The number of halogens is 1. The van der Waals surface area contributed by atoms with Crippen LogP contribution in [-0.4, -0.2) is 25.9 Å². The number of carbonyl (C=O) groups excluding carboxylic acids is 1. The fraction of sp³-hybridized carbons (Fsp3) is 0.200. The molecule has 80 valence electrons. The highest BCUT2D eigenvalue weighted by atomic mass is 79.9. The summed E-state index contributed by atoms with van der Waals surface area (Å²) in [5.74, 6) is -0.456. The first-order chi connectivity index (χ1) is 7.22. The van der Waals surface area contributed by atoms with Crippen LogP contribution in [0.5, 0.6) is 0 Å². The summed E-state index contributed by atoms with van der Waals surface area (Å²) in [6.07, 6.45) is 1.52. The van der Waals surface area contributed by atoms with Crippen molar-refractivity contribution in [3.05, 3.63) is 34.3 Å². The number of esters is 1. The maximum Gasteiger partial charge on any atom is 0.346 e. The highest BCUT2D eigenvalue weighted by molar-refractivity contribution is 9.10. The van der Waals surface area contributed by atoms with Gasteiger partial charge in [-0.2, -0.15) is 0 Å². The van der Waals surface area contributed by atoms with E-state index < -0.39 is 5.97 Å².